The summed E-state index contributed by atoms with van der Waals surface area (Å²) in [4.78, 5) is 11.8. The number of benzene rings is 1. The highest BCUT2D eigenvalue weighted by Gasteiger charge is 2.30. The first-order chi connectivity index (χ1) is 16.6. The molecule has 1 aliphatic carbocycles. The lowest BCUT2D eigenvalue weighted by Gasteiger charge is -2.37. The van der Waals surface area contributed by atoms with Crippen LogP contribution >= 0.6 is 0 Å². The van der Waals surface area contributed by atoms with Gasteiger partial charge in [0.1, 0.15) is 11.6 Å². The van der Waals surface area contributed by atoms with Crippen molar-refractivity contribution >= 4 is 16.7 Å². The summed E-state index contributed by atoms with van der Waals surface area (Å²) in [5, 5.41) is 8.83. The molecule has 2 aliphatic heterocycles. The summed E-state index contributed by atoms with van der Waals surface area (Å²) in [6, 6.07) is 4.65. The summed E-state index contributed by atoms with van der Waals surface area (Å²) in [7, 11) is 0. The molecule has 0 atom stereocenters. The van der Waals surface area contributed by atoms with E-state index >= 15 is 0 Å². The molecule has 3 aliphatic rings. The van der Waals surface area contributed by atoms with E-state index in [0.717, 1.165) is 92.7 Å². The van der Waals surface area contributed by atoms with Crippen LogP contribution in [0.3, 0.4) is 0 Å². The van der Waals surface area contributed by atoms with E-state index < -0.39 is 0 Å². The third-order valence-corrected chi connectivity index (χ3v) is 7.59. The van der Waals surface area contributed by atoms with Crippen LogP contribution in [0.25, 0.3) is 22.4 Å². The zero-order chi connectivity index (χ0) is 23.2. The summed E-state index contributed by atoms with van der Waals surface area (Å²) in [5.41, 5.74) is 3.39. The summed E-state index contributed by atoms with van der Waals surface area (Å²) in [6.07, 6.45) is 6.35. The molecule has 34 heavy (non-hydrogen) atoms. The molecule has 3 fully saturated rings. The van der Waals surface area contributed by atoms with E-state index in [0.29, 0.717) is 35.2 Å². The van der Waals surface area contributed by atoms with Gasteiger partial charge in [0, 0.05) is 49.8 Å². The van der Waals surface area contributed by atoms with Crippen molar-refractivity contribution in [1.29, 1.82) is 0 Å². The number of fused-ring (bicyclic) bond motifs is 1. The molecule has 1 N–H and O–H groups in total. The second-order valence-corrected chi connectivity index (χ2v) is 10.1. The Morgan fingerprint density at radius 2 is 1.71 bits per heavy atom. The number of nitrogens with zero attached hydrogens (tertiary/aromatic N) is 4. The highest BCUT2D eigenvalue weighted by Crippen LogP contribution is 2.44. The van der Waals surface area contributed by atoms with E-state index in [4.69, 9.17) is 14.2 Å². The van der Waals surface area contributed by atoms with Gasteiger partial charge in [-0.05, 0) is 75.5 Å². The van der Waals surface area contributed by atoms with Gasteiger partial charge in [-0.2, -0.15) is 4.98 Å². The van der Waals surface area contributed by atoms with Crippen molar-refractivity contribution in [2.75, 3.05) is 31.2 Å². The molecule has 6 rings (SSSR count). The molecular formula is C26H32FN5O2. The van der Waals surface area contributed by atoms with Crippen molar-refractivity contribution in [2.24, 2.45) is 0 Å². The average Bonchev–Trinajstić information content (AvgIpc) is 3.60. The Morgan fingerprint density at radius 1 is 0.971 bits per heavy atom. The zero-order valence-electron chi connectivity index (χ0n) is 19.9. The molecule has 1 saturated carbocycles. The Balaban J connectivity index is 1.33. The fourth-order valence-electron chi connectivity index (χ4n) is 5.49. The highest BCUT2D eigenvalue weighted by molar-refractivity contribution is 5.93. The Bertz CT molecular complexity index is 1190. The first-order valence-electron chi connectivity index (χ1n) is 12.6. The van der Waals surface area contributed by atoms with Gasteiger partial charge in [-0.15, -0.1) is 0 Å². The molecule has 0 unspecified atom stereocenters. The summed E-state index contributed by atoms with van der Waals surface area (Å²) >= 11 is 0. The number of hydrogen-bond acceptors (Lipinski definition) is 7. The van der Waals surface area contributed by atoms with Crippen LogP contribution in [0.2, 0.25) is 0 Å². The predicted octanol–water partition coefficient (Wildman–Crippen LogP) is 4.66. The fourth-order valence-corrected chi connectivity index (χ4v) is 5.49. The van der Waals surface area contributed by atoms with E-state index in [9.17, 15) is 4.39 Å². The number of hydrogen-bond donors (Lipinski definition) is 1. The first kappa shape index (κ1) is 21.9. The van der Waals surface area contributed by atoms with Gasteiger partial charge in [0.15, 0.2) is 5.82 Å². The Hall–Kier alpha value is -2.58. The standard InChI is InChI=1S/C26H32FN5O2/c1-15-20-13-21(17-3-4-17)22(27)14-23(20)30-25(24(15)26-28-16(2)31-34-26)32-9-5-18(6-10-32)29-19-7-11-33-12-8-19/h13-14,17-19,29H,3-12H2,1-2H3. The maximum absolute atomic E-state index is 14.9. The highest BCUT2D eigenvalue weighted by atomic mass is 19.1. The third-order valence-electron chi connectivity index (χ3n) is 7.59. The van der Waals surface area contributed by atoms with Crippen LogP contribution in [0.5, 0.6) is 0 Å². The molecular weight excluding hydrogens is 433 g/mol. The van der Waals surface area contributed by atoms with Crippen LogP contribution in [0, 0.1) is 19.7 Å². The number of pyridine rings is 1. The third kappa shape index (κ3) is 4.18. The van der Waals surface area contributed by atoms with Crippen molar-refractivity contribution in [3.63, 3.8) is 0 Å². The molecule has 180 valence electrons. The summed E-state index contributed by atoms with van der Waals surface area (Å²) < 4.78 is 26.0. The lowest BCUT2D eigenvalue weighted by atomic mass is 9.97. The number of ether oxygens (including phenoxy) is 1. The molecule has 8 heteroatoms. The monoisotopic (exact) mass is 465 g/mol. The van der Waals surface area contributed by atoms with E-state index in [-0.39, 0.29) is 5.82 Å². The maximum Gasteiger partial charge on any atom is 0.261 e. The van der Waals surface area contributed by atoms with Crippen molar-refractivity contribution in [2.45, 2.75) is 70.4 Å². The smallest absolute Gasteiger partial charge is 0.261 e. The molecule has 4 heterocycles. The lowest BCUT2D eigenvalue weighted by molar-refractivity contribution is 0.0738. The number of aromatic nitrogens is 3. The fraction of sp³-hybridized carbons (Fsp3) is 0.577. The Labute approximate surface area is 199 Å². The van der Waals surface area contributed by atoms with Crippen LogP contribution in [0.1, 0.15) is 61.4 Å². The normalized spacial score (nSPS) is 20.4. The lowest BCUT2D eigenvalue weighted by Crippen LogP contribution is -2.48. The predicted molar refractivity (Wildman–Crippen MR) is 129 cm³/mol. The van der Waals surface area contributed by atoms with Gasteiger partial charge in [-0.3, -0.25) is 0 Å². The Morgan fingerprint density at radius 3 is 2.38 bits per heavy atom. The van der Waals surface area contributed by atoms with Crippen molar-refractivity contribution < 1.29 is 13.7 Å². The summed E-state index contributed by atoms with van der Waals surface area (Å²) in [5.74, 6) is 2.09. The quantitative estimate of drug-likeness (QED) is 0.587. The number of nitrogens with one attached hydrogen (secondary N) is 1. The maximum atomic E-state index is 14.9. The molecule has 1 aromatic carbocycles. The topological polar surface area (TPSA) is 76.3 Å². The minimum absolute atomic E-state index is 0.145. The van der Waals surface area contributed by atoms with Crippen LogP contribution in [-0.4, -0.2) is 53.5 Å². The van der Waals surface area contributed by atoms with E-state index in [1.807, 2.05) is 13.0 Å². The van der Waals surface area contributed by atoms with Gasteiger partial charge in [-0.25, -0.2) is 9.37 Å². The summed E-state index contributed by atoms with van der Waals surface area (Å²) in [6.45, 7) is 7.34. The number of anilines is 1. The van der Waals surface area contributed by atoms with E-state index in [1.54, 1.807) is 6.07 Å². The minimum atomic E-state index is -0.145. The van der Waals surface area contributed by atoms with Crippen LogP contribution in [0.15, 0.2) is 16.7 Å². The molecule has 2 saturated heterocycles. The molecule has 0 radical (unpaired) electrons. The molecule has 2 aromatic heterocycles. The Kier molecular flexibility index (Phi) is 5.73. The second kappa shape index (κ2) is 8.89. The molecule has 0 amide bonds. The van der Waals surface area contributed by atoms with Gasteiger partial charge in [0.2, 0.25) is 0 Å². The van der Waals surface area contributed by atoms with Gasteiger partial charge >= 0.3 is 0 Å². The second-order valence-electron chi connectivity index (χ2n) is 10.1. The average molecular weight is 466 g/mol. The molecule has 3 aromatic rings. The number of halogens is 1. The number of piperidine rings is 1. The van der Waals surface area contributed by atoms with E-state index in [2.05, 4.69) is 27.3 Å². The van der Waals surface area contributed by atoms with Gasteiger partial charge in [0.05, 0.1) is 11.1 Å². The minimum Gasteiger partial charge on any atom is -0.381 e. The van der Waals surface area contributed by atoms with Crippen molar-refractivity contribution in [3.05, 3.63) is 34.9 Å². The van der Waals surface area contributed by atoms with Gasteiger partial charge in [-0.1, -0.05) is 5.16 Å². The van der Waals surface area contributed by atoms with Crippen LogP contribution in [0.4, 0.5) is 10.2 Å². The van der Waals surface area contributed by atoms with Gasteiger partial charge < -0.3 is 19.5 Å². The first-order valence-corrected chi connectivity index (χ1v) is 12.6. The molecule has 0 bridgehead atoms. The number of rotatable bonds is 5. The largest absolute Gasteiger partial charge is 0.381 e. The van der Waals surface area contributed by atoms with Crippen LogP contribution in [-0.2, 0) is 4.74 Å². The number of aryl methyl sites for hydroxylation is 2. The van der Waals surface area contributed by atoms with E-state index in [1.165, 1.54) is 0 Å². The molecule has 0 spiro atoms. The molecule has 7 nitrogen and oxygen atoms in total. The van der Waals surface area contributed by atoms with Crippen LogP contribution < -0.4 is 10.2 Å². The zero-order valence-corrected chi connectivity index (χ0v) is 19.9. The van der Waals surface area contributed by atoms with Crippen molar-refractivity contribution in [1.82, 2.24) is 20.4 Å². The SMILES string of the molecule is Cc1noc(-c2c(N3CCC(NC4CCOCC4)CC3)nc3cc(F)c(C4CC4)cc3c2C)n1. The van der Waals surface area contributed by atoms with Gasteiger partial charge in [0.25, 0.3) is 5.89 Å². The van der Waals surface area contributed by atoms with Crippen molar-refractivity contribution in [3.8, 4) is 11.5 Å².